The minimum Gasteiger partial charge on any atom is -0.508 e. The van der Waals surface area contributed by atoms with E-state index in [1.807, 2.05) is 11.9 Å². The van der Waals surface area contributed by atoms with E-state index in [9.17, 15) is 4.79 Å². The lowest BCUT2D eigenvalue weighted by atomic mass is 9.93. The lowest BCUT2D eigenvalue weighted by molar-refractivity contribution is -0.146. The number of aromatic hydroxyl groups is 1. The van der Waals surface area contributed by atoms with Crippen molar-refractivity contribution >= 4 is 11.7 Å². The molecule has 0 amide bonds. The fraction of sp³-hybridized carbons (Fsp3) is 0.417. The van der Waals surface area contributed by atoms with E-state index in [0.717, 1.165) is 5.69 Å². The van der Waals surface area contributed by atoms with Crippen LogP contribution in [0.2, 0.25) is 0 Å². The molecule has 88 valence electrons. The summed E-state index contributed by atoms with van der Waals surface area (Å²) < 4.78 is 0. The average Bonchev–Trinajstić information content (AvgIpc) is 2.17. The summed E-state index contributed by atoms with van der Waals surface area (Å²) >= 11 is 0. The van der Waals surface area contributed by atoms with Gasteiger partial charge in [-0.15, -0.1) is 0 Å². The largest absolute Gasteiger partial charge is 0.508 e. The van der Waals surface area contributed by atoms with Gasteiger partial charge in [-0.1, -0.05) is 0 Å². The number of carboxylic acid groups (broad SMARTS) is 1. The first kappa shape index (κ1) is 12.4. The smallest absolute Gasteiger partial charge is 0.310 e. The molecule has 4 heteroatoms. The Morgan fingerprint density at radius 2 is 1.81 bits per heavy atom. The predicted molar refractivity (Wildman–Crippen MR) is 62.8 cm³/mol. The standard InChI is InChI=1S/C12H17NO3/c1-12(2,11(15)16)8-13(3)9-4-6-10(14)7-5-9/h4-7,14H,8H2,1-3H3,(H,15,16). The normalized spacial score (nSPS) is 11.2. The van der Waals surface area contributed by atoms with Crippen molar-refractivity contribution < 1.29 is 15.0 Å². The van der Waals surface area contributed by atoms with Gasteiger partial charge in [0.25, 0.3) is 0 Å². The number of nitrogens with zero attached hydrogens (tertiary/aromatic N) is 1. The van der Waals surface area contributed by atoms with E-state index < -0.39 is 11.4 Å². The number of benzene rings is 1. The molecule has 16 heavy (non-hydrogen) atoms. The maximum atomic E-state index is 11.0. The molecular formula is C12H17NO3. The second kappa shape index (κ2) is 4.43. The number of hydrogen-bond acceptors (Lipinski definition) is 3. The second-order valence-electron chi connectivity index (χ2n) is 4.56. The number of phenolic OH excluding ortho intramolecular Hbond substituents is 1. The summed E-state index contributed by atoms with van der Waals surface area (Å²) in [4.78, 5) is 12.8. The molecule has 0 aliphatic rings. The van der Waals surface area contributed by atoms with Crippen molar-refractivity contribution in [3.05, 3.63) is 24.3 Å². The van der Waals surface area contributed by atoms with E-state index in [2.05, 4.69) is 0 Å². The van der Waals surface area contributed by atoms with E-state index in [4.69, 9.17) is 10.2 Å². The molecule has 1 rings (SSSR count). The Balaban J connectivity index is 2.76. The highest BCUT2D eigenvalue weighted by Gasteiger charge is 2.28. The summed E-state index contributed by atoms with van der Waals surface area (Å²) in [5.74, 6) is -0.618. The van der Waals surface area contributed by atoms with Crippen LogP contribution in [0.4, 0.5) is 5.69 Å². The Morgan fingerprint density at radius 1 is 1.31 bits per heavy atom. The Labute approximate surface area is 95.1 Å². The number of rotatable bonds is 4. The van der Waals surface area contributed by atoms with Crippen LogP contribution in [-0.4, -0.2) is 29.8 Å². The Hall–Kier alpha value is -1.71. The molecule has 1 aromatic rings. The van der Waals surface area contributed by atoms with Crippen LogP contribution < -0.4 is 4.90 Å². The van der Waals surface area contributed by atoms with Gasteiger partial charge in [0, 0.05) is 19.3 Å². The van der Waals surface area contributed by atoms with Crippen molar-refractivity contribution in [3.8, 4) is 5.75 Å². The summed E-state index contributed by atoms with van der Waals surface area (Å²) in [6, 6.07) is 6.68. The Kier molecular flexibility index (Phi) is 3.42. The fourth-order valence-electron chi connectivity index (χ4n) is 1.46. The van der Waals surface area contributed by atoms with Gasteiger partial charge >= 0.3 is 5.97 Å². The highest BCUT2D eigenvalue weighted by Crippen LogP contribution is 2.22. The maximum absolute atomic E-state index is 11.0. The van der Waals surface area contributed by atoms with Gasteiger partial charge in [-0.3, -0.25) is 4.79 Å². The van der Waals surface area contributed by atoms with Crippen LogP contribution in [0.1, 0.15) is 13.8 Å². The van der Waals surface area contributed by atoms with Crippen LogP contribution in [0, 0.1) is 5.41 Å². The van der Waals surface area contributed by atoms with E-state index in [1.54, 1.807) is 38.1 Å². The summed E-state index contributed by atoms with van der Waals surface area (Å²) in [7, 11) is 1.83. The van der Waals surface area contributed by atoms with Crippen LogP contribution >= 0.6 is 0 Å². The van der Waals surface area contributed by atoms with Crippen molar-refractivity contribution in [1.29, 1.82) is 0 Å². The molecule has 0 atom stereocenters. The van der Waals surface area contributed by atoms with Gasteiger partial charge < -0.3 is 15.1 Å². The second-order valence-corrected chi connectivity index (χ2v) is 4.56. The minimum absolute atomic E-state index is 0.203. The first-order valence-corrected chi connectivity index (χ1v) is 5.06. The van der Waals surface area contributed by atoms with Crippen molar-refractivity contribution in [2.75, 3.05) is 18.5 Å². The number of aliphatic carboxylic acids is 1. The summed E-state index contributed by atoms with van der Waals surface area (Å²) in [6.07, 6.45) is 0. The maximum Gasteiger partial charge on any atom is 0.310 e. The Morgan fingerprint density at radius 3 is 2.25 bits per heavy atom. The van der Waals surface area contributed by atoms with Gasteiger partial charge in [-0.2, -0.15) is 0 Å². The minimum atomic E-state index is -0.821. The zero-order valence-electron chi connectivity index (χ0n) is 9.77. The monoisotopic (exact) mass is 223 g/mol. The van der Waals surface area contributed by atoms with Crippen LogP contribution in [0.25, 0.3) is 0 Å². The number of phenols is 1. The van der Waals surface area contributed by atoms with Crippen molar-refractivity contribution in [1.82, 2.24) is 0 Å². The predicted octanol–water partition coefficient (Wildman–Crippen LogP) is 1.94. The third kappa shape index (κ3) is 2.89. The number of anilines is 1. The molecule has 0 spiro atoms. The van der Waals surface area contributed by atoms with Crippen molar-refractivity contribution in [2.45, 2.75) is 13.8 Å². The van der Waals surface area contributed by atoms with Crippen LogP contribution in [0.15, 0.2) is 24.3 Å². The number of hydrogen-bond donors (Lipinski definition) is 2. The van der Waals surface area contributed by atoms with Gasteiger partial charge in [0.1, 0.15) is 5.75 Å². The van der Waals surface area contributed by atoms with Gasteiger partial charge in [-0.05, 0) is 38.1 Å². The molecule has 0 aliphatic carbocycles. The first-order chi connectivity index (χ1) is 7.33. The van der Waals surface area contributed by atoms with Crippen molar-refractivity contribution in [3.63, 3.8) is 0 Å². The first-order valence-electron chi connectivity index (χ1n) is 5.06. The van der Waals surface area contributed by atoms with Crippen LogP contribution in [0.5, 0.6) is 5.75 Å². The lowest BCUT2D eigenvalue weighted by Gasteiger charge is -2.28. The van der Waals surface area contributed by atoms with Gasteiger partial charge in [-0.25, -0.2) is 0 Å². The molecule has 0 aromatic heterocycles. The SMILES string of the molecule is CN(CC(C)(C)C(=O)O)c1ccc(O)cc1. The lowest BCUT2D eigenvalue weighted by Crippen LogP contribution is -2.37. The molecule has 1 aromatic carbocycles. The molecule has 0 fully saturated rings. The molecule has 0 radical (unpaired) electrons. The fourth-order valence-corrected chi connectivity index (χ4v) is 1.46. The van der Waals surface area contributed by atoms with Gasteiger partial charge in [0.05, 0.1) is 5.41 Å². The number of carbonyl (C=O) groups is 1. The molecule has 4 nitrogen and oxygen atoms in total. The van der Waals surface area contributed by atoms with Crippen LogP contribution in [0.3, 0.4) is 0 Å². The van der Waals surface area contributed by atoms with Crippen molar-refractivity contribution in [2.24, 2.45) is 5.41 Å². The highest BCUT2D eigenvalue weighted by molar-refractivity contribution is 5.74. The van der Waals surface area contributed by atoms with Crippen LogP contribution in [-0.2, 0) is 4.79 Å². The third-order valence-electron chi connectivity index (χ3n) is 2.50. The zero-order chi connectivity index (χ0) is 12.3. The number of carboxylic acids is 1. The third-order valence-corrected chi connectivity index (χ3v) is 2.50. The van der Waals surface area contributed by atoms with E-state index >= 15 is 0 Å². The van der Waals surface area contributed by atoms with E-state index in [0.29, 0.717) is 6.54 Å². The highest BCUT2D eigenvalue weighted by atomic mass is 16.4. The average molecular weight is 223 g/mol. The zero-order valence-corrected chi connectivity index (χ0v) is 9.77. The van der Waals surface area contributed by atoms with Gasteiger partial charge in [0.2, 0.25) is 0 Å². The summed E-state index contributed by atoms with van der Waals surface area (Å²) in [5.41, 5.74) is 0.0826. The summed E-state index contributed by atoms with van der Waals surface area (Å²) in [5, 5.41) is 18.2. The van der Waals surface area contributed by atoms with E-state index in [-0.39, 0.29) is 5.75 Å². The molecule has 0 unspecified atom stereocenters. The molecule has 0 heterocycles. The molecule has 0 aliphatic heterocycles. The molecule has 0 saturated carbocycles. The topological polar surface area (TPSA) is 60.8 Å². The quantitative estimate of drug-likeness (QED) is 0.819. The van der Waals surface area contributed by atoms with Gasteiger partial charge in [0.15, 0.2) is 0 Å². The molecular weight excluding hydrogens is 206 g/mol. The van der Waals surface area contributed by atoms with E-state index in [1.165, 1.54) is 0 Å². The molecule has 2 N–H and O–H groups in total. The molecule has 0 bridgehead atoms. The summed E-state index contributed by atoms with van der Waals surface area (Å²) in [6.45, 7) is 3.78. The molecule has 0 saturated heterocycles. The Bertz CT molecular complexity index is 370.